The van der Waals surface area contributed by atoms with E-state index in [1.165, 1.54) is 0 Å². The summed E-state index contributed by atoms with van der Waals surface area (Å²) in [7, 11) is 0. The molecule has 0 amide bonds. The van der Waals surface area contributed by atoms with Crippen LogP contribution in [0.3, 0.4) is 0 Å². The third-order valence-corrected chi connectivity index (χ3v) is 4.09. The van der Waals surface area contributed by atoms with E-state index < -0.39 is 0 Å². The van der Waals surface area contributed by atoms with Gasteiger partial charge in [0.05, 0.1) is 5.52 Å². The summed E-state index contributed by atoms with van der Waals surface area (Å²) in [6.07, 6.45) is 6.82. The van der Waals surface area contributed by atoms with Crippen molar-refractivity contribution in [1.29, 1.82) is 0 Å². The van der Waals surface area contributed by atoms with E-state index >= 15 is 0 Å². The Morgan fingerprint density at radius 2 is 2.10 bits per heavy atom. The van der Waals surface area contributed by atoms with Gasteiger partial charge in [0.2, 0.25) is 0 Å². The number of nitrogens with two attached hydrogens (primary N) is 1. The highest BCUT2D eigenvalue weighted by molar-refractivity contribution is 5.83. The van der Waals surface area contributed by atoms with Crippen molar-refractivity contribution in [3.63, 3.8) is 0 Å². The molecule has 2 N–H and O–H groups in total. The molecule has 2 aromatic heterocycles. The van der Waals surface area contributed by atoms with Gasteiger partial charge in [-0.25, -0.2) is 9.97 Å². The first kappa shape index (κ1) is 12.4. The van der Waals surface area contributed by atoms with Crippen LogP contribution in [0.5, 0.6) is 0 Å². The first-order valence-corrected chi connectivity index (χ1v) is 7.28. The number of rotatable bonds is 1. The molecule has 0 fully saturated rings. The molecule has 0 radical (unpaired) electrons. The van der Waals surface area contributed by atoms with Crippen molar-refractivity contribution < 1.29 is 0 Å². The summed E-state index contributed by atoms with van der Waals surface area (Å²) >= 11 is 0. The van der Waals surface area contributed by atoms with Crippen LogP contribution in [0.15, 0.2) is 42.7 Å². The van der Waals surface area contributed by atoms with Gasteiger partial charge in [0.1, 0.15) is 0 Å². The van der Waals surface area contributed by atoms with Crippen LogP contribution in [0, 0.1) is 0 Å². The van der Waals surface area contributed by atoms with Gasteiger partial charge in [0.25, 0.3) is 0 Å². The van der Waals surface area contributed by atoms with Crippen LogP contribution in [-0.4, -0.2) is 15.0 Å². The zero-order valence-electron chi connectivity index (χ0n) is 11.7. The number of aromatic nitrogens is 3. The Morgan fingerprint density at radius 1 is 1.14 bits per heavy atom. The fourth-order valence-electron chi connectivity index (χ4n) is 2.94. The fourth-order valence-corrected chi connectivity index (χ4v) is 2.94. The fraction of sp³-hybridized carbons (Fsp3) is 0.235. The maximum absolute atomic E-state index is 6.12. The molecule has 0 bridgehead atoms. The van der Waals surface area contributed by atoms with Crippen molar-refractivity contribution in [3.05, 3.63) is 54.0 Å². The van der Waals surface area contributed by atoms with Gasteiger partial charge < -0.3 is 5.73 Å². The molecule has 0 saturated carbocycles. The molecule has 4 rings (SSSR count). The normalized spacial score (nSPS) is 17.7. The van der Waals surface area contributed by atoms with Crippen LogP contribution >= 0.6 is 0 Å². The highest BCUT2D eigenvalue weighted by atomic mass is 14.9. The number of hydrogen-bond donors (Lipinski definition) is 1. The molecular weight excluding hydrogens is 260 g/mol. The highest BCUT2D eigenvalue weighted by Crippen LogP contribution is 2.28. The van der Waals surface area contributed by atoms with E-state index in [-0.39, 0.29) is 6.04 Å². The number of fused-ring (bicyclic) bond motifs is 2. The molecule has 1 aliphatic carbocycles. The lowest BCUT2D eigenvalue weighted by Gasteiger charge is -2.21. The minimum atomic E-state index is 0.0867. The second-order valence-electron chi connectivity index (χ2n) is 5.51. The van der Waals surface area contributed by atoms with Crippen LogP contribution in [0.2, 0.25) is 0 Å². The zero-order chi connectivity index (χ0) is 14.2. The molecule has 1 unspecified atom stereocenters. The lowest BCUT2D eigenvalue weighted by Crippen LogP contribution is -2.19. The van der Waals surface area contributed by atoms with E-state index in [1.54, 1.807) is 6.20 Å². The highest BCUT2D eigenvalue weighted by Gasteiger charge is 2.19. The Labute approximate surface area is 123 Å². The third kappa shape index (κ3) is 2.17. The smallest absolute Gasteiger partial charge is 0.159 e. The van der Waals surface area contributed by atoms with E-state index in [0.717, 1.165) is 52.8 Å². The van der Waals surface area contributed by atoms with E-state index in [1.807, 2.05) is 24.4 Å². The van der Waals surface area contributed by atoms with Crippen LogP contribution in [0.25, 0.3) is 22.3 Å². The predicted molar refractivity (Wildman–Crippen MR) is 82.6 cm³/mol. The van der Waals surface area contributed by atoms with Crippen molar-refractivity contribution in [2.45, 2.75) is 25.3 Å². The Kier molecular flexibility index (Phi) is 2.89. The van der Waals surface area contributed by atoms with Gasteiger partial charge in [-0.15, -0.1) is 0 Å². The maximum Gasteiger partial charge on any atom is 0.159 e. The molecule has 4 nitrogen and oxygen atoms in total. The first-order chi connectivity index (χ1) is 10.3. The average Bonchev–Trinajstić information content (AvgIpc) is 2.54. The Hall–Kier alpha value is -2.33. The second-order valence-corrected chi connectivity index (χ2v) is 5.51. The quantitative estimate of drug-likeness (QED) is 0.742. The summed E-state index contributed by atoms with van der Waals surface area (Å²) in [6.45, 7) is 0. The summed E-state index contributed by atoms with van der Waals surface area (Å²) in [5.74, 6) is 0.772. The van der Waals surface area contributed by atoms with E-state index in [9.17, 15) is 0 Å². The molecule has 1 atom stereocenters. The molecule has 2 heterocycles. The molecular formula is C17H16N4. The SMILES string of the molecule is NC1CCCc2nc(-c3ccc4ncccc4c3)ncc21. The lowest BCUT2D eigenvalue weighted by molar-refractivity contribution is 0.557. The molecule has 0 aliphatic heterocycles. The second kappa shape index (κ2) is 4.90. The van der Waals surface area contributed by atoms with Crippen LogP contribution in [-0.2, 0) is 6.42 Å². The molecule has 1 aliphatic rings. The van der Waals surface area contributed by atoms with Gasteiger partial charge in [-0.1, -0.05) is 6.07 Å². The minimum Gasteiger partial charge on any atom is -0.324 e. The minimum absolute atomic E-state index is 0.0867. The standard InChI is InChI=1S/C17H16N4/c18-14-4-1-5-16-13(14)10-20-17(21-16)12-6-7-15-11(9-12)3-2-8-19-15/h2-3,6-10,14H,1,4-5,18H2. The van der Waals surface area contributed by atoms with E-state index in [2.05, 4.69) is 22.1 Å². The predicted octanol–water partition coefficient (Wildman–Crippen LogP) is 3.03. The molecule has 0 spiro atoms. The molecule has 21 heavy (non-hydrogen) atoms. The average molecular weight is 276 g/mol. The van der Waals surface area contributed by atoms with Crippen molar-refractivity contribution >= 4 is 10.9 Å². The number of nitrogens with zero attached hydrogens (tertiary/aromatic N) is 3. The van der Waals surface area contributed by atoms with Crippen molar-refractivity contribution in [3.8, 4) is 11.4 Å². The van der Waals surface area contributed by atoms with Crippen LogP contribution < -0.4 is 5.73 Å². The van der Waals surface area contributed by atoms with Gasteiger partial charge in [-0.05, 0) is 43.5 Å². The molecule has 0 saturated heterocycles. The van der Waals surface area contributed by atoms with Gasteiger partial charge in [-0.2, -0.15) is 0 Å². The van der Waals surface area contributed by atoms with Crippen molar-refractivity contribution in [1.82, 2.24) is 15.0 Å². The van der Waals surface area contributed by atoms with Gasteiger partial charge in [0.15, 0.2) is 5.82 Å². The first-order valence-electron chi connectivity index (χ1n) is 7.28. The van der Waals surface area contributed by atoms with Crippen molar-refractivity contribution in [2.75, 3.05) is 0 Å². The van der Waals surface area contributed by atoms with E-state index in [4.69, 9.17) is 10.7 Å². The van der Waals surface area contributed by atoms with Gasteiger partial charge in [0, 0.05) is 40.6 Å². The topological polar surface area (TPSA) is 64.7 Å². The monoisotopic (exact) mass is 276 g/mol. The van der Waals surface area contributed by atoms with Crippen LogP contribution in [0.1, 0.15) is 30.1 Å². The third-order valence-electron chi connectivity index (χ3n) is 4.09. The summed E-state index contributed by atoms with van der Waals surface area (Å²) in [6, 6.07) is 10.2. The Morgan fingerprint density at radius 3 is 3.05 bits per heavy atom. The van der Waals surface area contributed by atoms with Crippen LogP contribution in [0.4, 0.5) is 0 Å². The summed E-state index contributed by atoms with van der Waals surface area (Å²) in [5, 5.41) is 1.10. The van der Waals surface area contributed by atoms with E-state index in [0.29, 0.717) is 0 Å². The largest absolute Gasteiger partial charge is 0.324 e. The lowest BCUT2D eigenvalue weighted by atomic mass is 9.93. The van der Waals surface area contributed by atoms with Gasteiger partial charge in [-0.3, -0.25) is 4.98 Å². The Balaban J connectivity index is 1.81. The number of pyridine rings is 1. The summed E-state index contributed by atoms with van der Waals surface area (Å²) < 4.78 is 0. The molecule has 4 heteroatoms. The zero-order valence-corrected chi connectivity index (χ0v) is 11.7. The summed E-state index contributed by atoms with van der Waals surface area (Å²) in [5.41, 5.74) is 10.3. The summed E-state index contributed by atoms with van der Waals surface area (Å²) in [4.78, 5) is 13.6. The Bertz CT molecular complexity index is 813. The molecule has 3 aromatic rings. The van der Waals surface area contributed by atoms with Crippen molar-refractivity contribution in [2.24, 2.45) is 5.73 Å². The number of hydrogen-bond acceptors (Lipinski definition) is 4. The maximum atomic E-state index is 6.12. The molecule has 104 valence electrons. The van der Waals surface area contributed by atoms with Gasteiger partial charge >= 0.3 is 0 Å². The number of benzene rings is 1. The number of aryl methyl sites for hydroxylation is 1. The molecule has 1 aromatic carbocycles.